The van der Waals surface area contributed by atoms with E-state index in [1.165, 1.54) is 17.4 Å². The van der Waals surface area contributed by atoms with Crippen LogP contribution in [0.25, 0.3) is 0 Å². The molecule has 0 fully saturated rings. The third kappa shape index (κ3) is 2.31. The van der Waals surface area contributed by atoms with E-state index >= 15 is 0 Å². The van der Waals surface area contributed by atoms with Gasteiger partial charge in [-0.3, -0.25) is 0 Å². The largest absolute Gasteiger partial charge is 0.318 e. The van der Waals surface area contributed by atoms with E-state index in [9.17, 15) is 4.39 Å². The van der Waals surface area contributed by atoms with Crippen LogP contribution in [0.4, 0.5) is 15.2 Å². The van der Waals surface area contributed by atoms with E-state index in [0.717, 1.165) is 23.7 Å². The molecule has 1 aliphatic carbocycles. The van der Waals surface area contributed by atoms with Crippen molar-refractivity contribution in [3.63, 3.8) is 0 Å². The second-order valence-corrected chi connectivity index (χ2v) is 6.11. The Morgan fingerprint density at radius 2 is 2.20 bits per heavy atom. The lowest BCUT2D eigenvalue weighted by atomic mass is 9.98. The fourth-order valence-corrected chi connectivity index (χ4v) is 3.80. The average Bonchev–Trinajstić information content (AvgIpc) is 2.91. The number of aryl methyl sites for hydroxylation is 1. The minimum atomic E-state index is -0.215. The number of aromatic nitrogens is 1. The molecule has 0 saturated carbocycles. The molecule has 2 aromatic rings. The molecule has 0 amide bonds. The third-order valence-electron chi connectivity index (χ3n) is 3.79. The number of para-hydroxylation sites is 1. The average molecular weight is 291 g/mol. The van der Waals surface area contributed by atoms with Crippen LogP contribution in [0.2, 0.25) is 0 Å². The van der Waals surface area contributed by atoms with Gasteiger partial charge in [-0.05, 0) is 38.4 Å². The second-order valence-electron chi connectivity index (χ2n) is 5.05. The van der Waals surface area contributed by atoms with Crippen molar-refractivity contribution in [2.24, 2.45) is 0 Å². The van der Waals surface area contributed by atoms with Crippen molar-refractivity contribution in [3.8, 4) is 0 Å². The van der Waals surface area contributed by atoms with Crippen molar-refractivity contribution in [1.82, 2.24) is 10.3 Å². The number of thiazole rings is 1. The highest BCUT2D eigenvalue weighted by atomic mass is 32.1. The van der Waals surface area contributed by atoms with Gasteiger partial charge < -0.3 is 10.2 Å². The van der Waals surface area contributed by atoms with Gasteiger partial charge in [-0.1, -0.05) is 12.1 Å². The first-order valence-electron chi connectivity index (χ1n) is 6.86. The molecule has 1 aliphatic rings. The third-order valence-corrected chi connectivity index (χ3v) is 5.00. The maximum Gasteiger partial charge on any atom is 0.190 e. The Morgan fingerprint density at radius 3 is 2.95 bits per heavy atom. The highest BCUT2D eigenvalue weighted by molar-refractivity contribution is 7.15. The van der Waals surface area contributed by atoms with Crippen molar-refractivity contribution < 1.29 is 4.39 Å². The summed E-state index contributed by atoms with van der Waals surface area (Å²) < 4.78 is 13.9. The number of hydrogen-bond donors (Lipinski definition) is 1. The summed E-state index contributed by atoms with van der Waals surface area (Å²) in [5.74, 6) is -0.215. The predicted molar refractivity (Wildman–Crippen MR) is 81.3 cm³/mol. The molecule has 5 heteroatoms. The zero-order valence-corrected chi connectivity index (χ0v) is 12.5. The molecule has 0 saturated heterocycles. The zero-order valence-electron chi connectivity index (χ0n) is 11.7. The van der Waals surface area contributed by atoms with Gasteiger partial charge in [0.2, 0.25) is 0 Å². The van der Waals surface area contributed by atoms with Crippen LogP contribution in [0.3, 0.4) is 0 Å². The molecule has 1 heterocycles. The molecule has 1 unspecified atom stereocenters. The number of nitrogens with one attached hydrogen (secondary N) is 1. The van der Waals surface area contributed by atoms with Crippen LogP contribution in [0, 0.1) is 5.82 Å². The number of nitrogens with zero attached hydrogens (tertiary/aromatic N) is 2. The van der Waals surface area contributed by atoms with Crippen LogP contribution in [-0.2, 0) is 6.42 Å². The number of rotatable bonds is 3. The summed E-state index contributed by atoms with van der Waals surface area (Å²) in [4.78, 5) is 7.90. The van der Waals surface area contributed by atoms with Crippen molar-refractivity contribution >= 4 is 22.2 Å². The molecular weight excluding hydrogens is 273 g/mol. The predicted octanol–water partition coefficient (Wildman–Crippen LogP) is 3.65. The lowest BCUT2D eigenvalue weighted by Gasteiger charge is -2.20. The van der Waals surface area contributed by atoms with Gasteiger partial charge in [0.05, 0.1) is 17.4 Å². The van der Waals surface area contributed by atoms with Crippen molar-refractivity contribution in [1.29, 1.82) is 0 Å². The maximum absolute atomic E-state index is 13.9. The SMILES string of the molecule is CNC1CCCc2sc(N(C)c3ccccc3F)nc21. The summed E-state index contributed by atoms with van der Waals surface area (Å²) in [7, 11) is 3.84. The van der Waals surface area contributed by atoms with E-state index in [2.05, 4.69) is 5.32 Å². The van der Waals surface area contributed by atoms with Gasteiger partial charge >= 0.3 is 0 Å². The molecule has 0 bridgehead atoms. The molecule has 1 N–H and O–H groups in total. The van der Waals surface area contributed by atoms with Crippen molar-refractivity contribution in [2.75, 3.05) is 19.0 Å². The lowest BCUT2D eigenvalue weighted by molar-refractivity contribution is 0.490. The molecule has 0 radical (unpaired) electrons. The van der Waals surface area contributed by atoms with Gasteiger partial charge in [0.25, 0.3) is 0 Å². The minimum Gasteiger partial charge on any atom is -0.318 e. The van der Waals surface area contributed by atoms with Gasteiger partial charge in [0, 0.05) is 11.9 Å². The molecular formula is C15H18FN3S. The second kappa shape index (κ2) is 5.50. The summed E-state index contributed by atoms with van der Waals surface area (Å²) >= 11 is 1.67. The highest BCUT2D eigenvalue weighted by Gasteiger charge is 2.25. The standard InChI is InChI=1S/C15H18FN3S/c1-17-11-7-5-9-13-14(11)18-15(20-13)19(2)12-8-4-3-6-10(12)16/h3-4,6,8,11,17H,5,7,9H2,1-2H3. The molecule has 20 heavy (non-hydrogen) atoms. The zero-order chi connectivity index (χ0) is 14.1. The van der Waals surface area contributed by atoms with E-state index < -0.39 is 0 Å². The van der Waals surface area contributed by atoms with E-state index in [0.29, 0.717) is 11.7 Å². The van der Waals surface area contributed by atoms with Gasteiger partial charge in [0.1, 0.15) is 5.82 Å². The summed E-state index contributed by atoms with van der Waals surface area (Å²) in [6, 6.07) is 7.15. The first-order valence-corrected chi connectivity index (χ1v) is 7.67. The van der Waals surface area contributed by atoms with E-state index in [-0.39, 0.29) is 5.82 Å². The van der Waals surface area contributed by atoms with Crippen LogP contribution in [-0.4, -0.2) is 19.1 Å². The topological polar surface area (TPSA) is 28.2 Å². The van der Waals surface area contributed by atoms with E-state index in [1.54, 1.807) is 23.5 Å². The van der Waals surface area contributed by atoms with Crippen LogP contribution in [0.1, 0.15) is 29.5 Å². The first kappa shape index (κ1) is 13.5. The van der Waals surface area contributed by atoms with Gasteiger partial charge in [-0.15, -0.1) is 11.3 Å². The minimum absolute atomic E-state index is 0.215. The van der Waals surface area contributed by atoms with Crippen molar-refractivity contribution in [3.05, 3.63) is 40.7 Å². The van der Waals surface area contributed by atoms with Gasteiger partial charge in [-0.25, -0.2) is 9.37 Å². The Labute approximate surface area is 122 Å². The summed E-state index contributed by atoms with van der Waals surface area (Å²) in [6.45, 7) is 0. The maximum atomic E-state index is 13.9. The Hall–Kier alpha value is -1.46. The van der Waals surface area contributed by atoms with E-state index in [4.69, 9.17) is 4.98 Å². The summed E-state index contributed by atoms with van der Waals surface area (Å²) in [5.41, 5.74) is 1.71. The fourth-order valence-electron chi connectivity index (χ4n) is 2.66. The Kier molecular flexibility index (Phi) is 3.72. The number of hydrogen-bond acceptors (Lipinski definition) is 4. The lowest BCUT2D eigenvalue weighted by Crippen LogP contribution is -2.21. The fraction of sp³-hybridized carbons (Fsp3) is 0.400. The summed E-state index contributed by atoms with van der Waals surface area (Å²) in [5, 5.41) is 4.18. The van der Waals surface area contributed by atoms with Gasteiger partial charge in [0.15, 0.2) is 5.13 Å². The van der Waals surface area contributed by atoms with Crippen LogP contribution >= 0.6 is 11.3 Å². The molecule has 3 nitrogen and oxygen atoms in total. The molecule has 1 aromatic heterocycles. The number of fused-ring (bicyclic) bond motifs is 1. The normalized spacial score (nSPS) is 17.9. The monoisotopic (exact) mass is 291 g/mol. The molecule has 1 atom stereocenters. The molecule has 3 rings (SSSR count). The van der Waals surface area contributed by atoms with Crippen LogP contribution in [0.15, 0.2) is 24.3 Å². The molecule has 106 valence electrons. The van der Waals surface area contributed by atoms with Crippen LogP contribution in [0.5, 0.6) is 0 Å². The molecule has 0 spiro atoms. The van der Waals surface area contributed by atoms with Crippen LogP contribution < -0.4 is 10.2 Å². The summed E-state index contributed by atoms with van der Waals surface area (Å²) in [6.07, 6.45) is 3.38. The number of halogens is 1. The van der Waals surface area contributed by atoms with E-state index in [1.807, 2.05) is 25.1 Å². The van der Waals surface area contributed by atoms with Gasteiger partial charge in [-0.2, -0.15) is 0 Å². The number of anilines is 2. The Balaban J connectivity index is 1.95. The molecule has 0 aliphatic heterocycles. The first-order chi connectivity index (χ1) is 9.70. The van der Waals surface area contributed by atoms with Crippen molar-refractivity contribution in [2.45, 2.75) is 25.3 Å². The Morgan fingerprint density at radius 1 is 1.40 bits per heavy atom. The smallest absolute Gasteiger partial charge is 0.190 e. The highest BCUT2D eigenvalue weighted by Crippen LogP contribution is 2.38. The quantitative estimate of drug-likeness (QED) is 0.935. The Bertz CT molecular complexity index is 611. The number of benzene rings is 1. The molecule has 1 aromatic carbocycles.